The van der Waals surface area contributed by atoms with Crippen LogP contribution in [0.4, 0.5) is 0 Å². The molecule has 1 aromatic heterocycles. The van der Waals surface area contributed by atoms with E-state index in [4.69, 9.17) is 4.74 Å². The lowest BCUT2D eigenvalue weighted by Gasteiger charge is -2.22. The van der Waals surface area contributed by atoms with Crippen LogP contribution in [0, 0.1) is 0 Å². The monoisotopic (exact) mass is 413 g/mol. The molecular weight excluding hydrogens is 388 g/mol. The Morgan fingerprint density at radius 2 is 1.90 bits per heavy atom. The van der Waals surface area contributed by atoms with E-state index in [1.807, 2.05) is 42.5 Å². The summed E-state index contributed by atoms with van der Waals surface area (Å²) in [5, 5.41) is 15.4. The highest BCUT2D eigenvalue weighted by molar-refractivity contribution is 7.99. The smallest absolute Gasteiger partial charge is 0.230 e. The second kappa shape index (κ2) is 10.0. The van der Waals surface area contributed by atoms with Crippen LogP contribution in [-0.4, -0.2) is 59.6 Å². The van der Waals surface area contributed by atoms with E-state index in [-0.39, 0.29) is 17.7 Å². The van der Waals surface area contributed by atoms with Crippen molar-refractivity contribution in [2.45, 2.75) is 11.2 Å². The van der Waals surface area contributed by atoms with Crippen LogP contribution in [-0.2, 0) is 4.79 Å². The first-order chi connectivity index (χ1) is 14.1. The largest absolute Gasteiger partial charge is 0.497 e. The van der Waals surface area contributed by atoms with Gasteiger partial charge >= 0.3 is 0 Å². The van der Waals surface area contributed by atoms with Crippen molar-refractivity contribution in [1.29, 1.82) is 0 Å². The van der Waals surface area contributed by atoms with Gasteiger partial charge in [-0.3, -0.25) is 4.79 Å². The number of likely N-dealkylation sites (N-methyl/N-ethyl adjacent to an activating group) is 1. The van der Waals surface area contributed by atoms with E-state index in [1.54, 1.807) is 11.8 Å². The van der Waals surface area contributed by atoms with E-state index in [2.05, 4.69) is 47.1 Å². The number of carbonyl (C=O) groups excluding carboxylic acids is 1. The topological polar surface area (TPSA) is 86.4 Å². The van der Waals surface area contributed by atoms with Crippen LogP contribution in [0.25, 0.3) is 5.69 Å². The fourth-order valence-electron chi connectivity index (χ4n) is 2.89. The maximum atomic E-state index is 12.4. The normalized spacial score (nSPS) is 12.0. The fourth-order valence-corrected chi connectivity index (χ4v) is 3.61. The second-order valence-corrected chi connectivity index (χ2v) is 7.65. The number of thioether (sulfide) groups is 1. The van der Waals surface area contributed by atoms with Gasteiger partial charge in [-0.15, -0.1) is 5.10 Å². The Labute approximate surface area is 174 Å². The molecule has 1 atom stereocenters. The van der Waals surface area contributed by atoms with Gasteiger partial charge in [-0.2, -0.15) is 4.68 Å². The third kappa shape index (κ3) is 5.55. The Hall–Kier alpha value is -2.91. The number of aromatic nitrogens is 4. The van der Waals surface area contributed by atoms with Crippen molar-refractivity contribution in [3.05, 3.63) is 60.2 Å². The van der Waals surface area contributed by atoms with Gasteiger partial charge in [0, 0.05) is 5.56 Å². The summed E-state index contributed by atoms with van der Waals surface area (Å²) in [4.78, 5) is 13.6. The first kappa shape index (κ1) is 20.8. The van der Waals surface area contributed by atoms with E-state index in [0.29, 0.717) is 11.7 Å². The van der Waals surface area contributed by atoms with Gasteiger partial charge < -0.3 is 15.0 Å². The molecule has 0 aliphatic heterocycles. The standard InChI is InChI=1S/C20H24N6O2S/c1-25(2)18(15-7-5-4-6-8-15)13-21-19(27)14-29-20-22-23-24-26(20)16-9-11-17(28-3)12-10-16/h4-12,18H,13-14H2,1-3H3,(H,21,27)/p+1/t18-/m1/s1. The van der Waals surface area contributed by atoms with Crippen LogP contribution in [0.1, 0.15) is 11.6 Å². The lowest BCUT2D eigenvalue weighted by atomic mass is 10.1. The SMILES string of the molecule is COc1ccc(-n2nnnc2SCC(=O)NC[C@H](c2ccccc2)[NH+](C)C)cc1. The molecular formula is C20H25N6O2S+. The fraction of sp³-hybridized carbons (Fsp3) is 0.300. The number of tetrazole rings is 1. The molecule has 0 aliphatic rings. The molecule has 0 spiro atoms. The Kier molecular flexibility index (Phi) is 7.20. The predicted molar refractivity (Wildman–Crippen MR) is 111 cm³/mol. The highest BCUT2D eigenvalue weighted by Crippen LogP contribution is 2.20. The molecule has 152 valence electrons. The van der Waals surface area contributed by atoms with Gasteiger partial charge in [0.1, 0.15) is 11.8 Å². The number of nitrogens with one attached hydrogen (secondary N) is 2. The van der Waals surface area contributed by atoms with Gasteiger partial charge in [0.25, 0.3) is 0 Å². The molecule has 1 heterocycles. The molecule has 2 aromatic carbocycles. The van der Waals surface area contributed by atoms with Crippen LogP contribution in [0.3, 0.4) is 0 Å². The molecule has 0 saturated carbocycles. The number of nitrogens with zero attached hydrogens (tertiary/aromatic N) is 4. The van der Waals surface area contributed by atoms with E-state index < -0.39 is 0 Å². The average molecular weight is 414 g/mol. The number of hydrogen-bond donors (Lipinski definition) is 2. The molecule has 9 heteroatoms. The molecule has 0 fully saturated rings. The van der Waals surface area contributed by atoms with E-state index >= 15 is 0 Å². The zero-order valence-electron chi connectivity index (χ0n) is 16.7. The number of amides is 1. The molecule has 29 heavy (non-hydrogen) atoms. The Morgan fingerprint density at radius 3 is 2.55 bits per heavy atom. The Bertz CT molecular complexity index is 914. The van der Waals surface area contributed by atoms with E-state index in [0.717, 1.165) is 11.4 Å². The summed E-state index contributed by atoms with van der Waals surface area (Å²) in [6.07, 6.45) is 0. The summed E-state index contributed by atoms with van der Waals surface area (Å²) >= 11 is 1.30. The number of ether oxygens (including phenoxy) is 1. The van der Waals surface area contributed by atoms with Crippen molar-refractivity contribution in [3.8, 4) is 11.4 Å². The third-order valence-corrected chi connectivity index (χ3v) is 5.41. The van der Waals surface area contributed by atoms with Gasteiger partial charge in [-0.25, -0.2) is 0 Å². The average Bonchev–Trinajstić information content (AvgIpc) is 3.21. The van der Waals surface area contributed by atoms with Crippen LogP contribution in [0.5, 0.6) is 5.75 Å². The number of carbonyl (C=O) groups is 1. The minimum Gasteiger partial charge on any atom is -0.497 e. The molecule has 0 unspecified atom stereocenters. The zero-order chi connectivity index (χ0) is 20.6. The number of rotatable bonds is 9. The number of hydrogen-bond acceptors (Lipinski definition) is 6. The highest BCUT2D eigenvalue weighted by Gasteiger charge is 2.19. The van der Waals surface area contributed by atoms with Crippen molar-refractivity contribution in [2.24, 2.45) is 0 Å². The van der Waals surface area contributed by atoms with Crippen molar-refractivity contribution >= 4 is 17.7 Å². The Balaban J connectivity index is 1.56. The van der Waals surface area contributed by atoms with Crippen molar-refractivity contribution in [1.82, 2.24) is 25.5 Å². The van der Waals surface area contributed by atoms with Gasteiger partial charge in [0.05, 0.1) is 39.2 Å². The van der Waals surface area contributed by atoms with Crippen LogP contribution >= 0.6 is 11.8 Å². The predicted octanol–water partition coefficient (Wildman–Crippen LogP) is 0.765. The quantitative estimate of drug-likeness (QED) is 0.504. The maximum absolute atomic E-state index is 12.4. The van der Waals surface area contributed by atoms with Gasteiger partial charge in [-0.05, 0) is 34.7 Å². The summed E-state index contributed by atoms with van der Waals surface area (Å²) in [6, 6.07) is 17.8. The molecule has 0 bridgehead atoms. The lowest BCUT2D eigenvalue weighted by Crippen LogP contribution is -3.07. The second-order valence-electron chi connectivity index (χ2n) is 6.70. The molecule has 3 aromatic rings. The molecule has 2 N–H and O–H groups in total. The number of methoxy groups -OCH3 is 1. The summed E-state index contributed by atoms with van der Waals surface area (Å²) in [5.74, 6) is 0.939. The first-order valence-electron chi connectivity index (χ1n) is 9.25. The summed E-state index contributed by atoms with van der Waals surface area (Å²) < 4.78 is 6.78. The molecule has 0 radical (unpaired) electrons. The molecule has 0 aliphatic carbocycles. The van der Waals surface area contributed by atoms with Crippen LogP contribution < -0.4 is 15.0 Å². The molecule has 3 rings (SSSR count). The number of benzene rings is 2. The molecule has 1 amide bonds. The molecule has 0 saturated heterocycles. The number of quaternary nitrogens is 1. The van der Waals surface area contributed by atoms with Crippen LogP contribution in [0.15, 0.2) is 59.8 Å². The van der Waals surface area contributed by atoms with Crippen LogP contribution in [0.2, 0.25) is 0 Å². The lowest BCUT2D eigenvalue weighted by molar-refractivity contribution is -0.890. The third-order valence-electron chi connectivity index (χ3n) is 4.49. The van der Waals surface area contributed by atoms with E-state index in [1.165, 1.54) is 22.2 Å². The summed E-state index contributed by atoms with van der Waals surface area (Å²) in [7, 11) is 5.79. The van der Waals surface area contributed by atoms with Crippen molar-refractivity contribution < 1.29 is 14.4 Å². The van der Waals surface area contributed by atoms with Crippen molar-refractivity contribution in [2.75, 3.05) is 33.5 Å². The zero-order valence-corrected chi connectivity index (χ0v) is 17.5. The Morgan fingerprint density at radius 1 is 1.17 bits per heavy atom. The van der Waals surface area contributed by atoms with Gasteiger partial charge in [0.15, 0.2) is 0 Å². The van der Waals surface area contributed by atoms with Crippen molar-refractivity contribution in [3.63, 3.8) is 0 Å². The van der Waals surface area contributed by atoms with Gasteiger partial charge in [-0.1, -0.05) is 42.1 Å². The molecule has 8 nitrogen and oxygen atoms in total. The maximum Gasteiger partial charge on any atom is 0.230 e. The summed E-state index contributed by atoms with van der Waals surface area (Å²) in [6.45, 7) is 0.565. The highest BCUT2D eigenvalue weighted by atomic mass is 32.2. The van der Waals surface area contributed by atoms with E-state index in [9.17, 15) is 4.79 Å². The minimum atomic E-state index is -0.0542. The minimum absolute atomic E-state index is 0.0542. The first-order valence-corrected chi connectivity index (χ1v) is 10.2. The van der Waals surface area contributed by atoms with Gasteiger partial charge in [0.2, 0.25) is 11.1 Å². The summed E-state index contributed by atoms with van der Waals surface area (Å²) in [5.41, 5.74) is 2.00.